The maximum atomic E-state index is 5.61. The van der Waals surface area contributed by atoms with Gasteiger partial charge in [-0.15, -0.1) is 0 Å². The average Bonchev–Trinajstić information content (AvgIpc) is 2.58. The Morgan fingerprint density at radius 3 is 2.50 bits per heavy atom. The van der Waals surface area contributed by atoms with E-state index in [4.69, 9.17) is 4.42 Å². The van der Waals surface area contributed by atoms with Crippen molar-refractivity contribution in [3.63, 3.8) is 0 Å². The molecule has 0 amide bonds. The van der Waals surface area contributed by atoms with Crippen molar-refractivity contribution in [1.29, 1.82) is 0 Å². The van der Waals surface area contributed by atoms with E-state index in [2.05, 4.69) is 32.7 Å². The van der Waals surface area contributed by atoms with Gasteiger partial charge < -0.3 is 4.42 Å². The number of hydrogen-bond donors (Lipinski definition) is 0. The van der Waals surface area contributed by atoms with Crippen LogP contribution in [0.2, 0.25) is 0 Å². The first-order valence-corrected chi connectivity index (χ1v) is 5.06. The lowest BCUT2D eigenvalue weighted by atomic mass is 10.1. The van der Waals surface area contributed by atoms with Crippen LogP contribution in [0.25, 0.3) is 5.84 Å². The van der Waals surface area contributed by atoms with Gasteiger partial charge in [0.1, 0.15) is 5.76 Å². The van der Waals surface area contributed by atoms with Crippen LogP contribution in [0.5, 0.6) is 0 Å². The van der Waals surface area contributed by atoms with E-state index in [0.29, 0.717) is 17.7 Å². The molecule has 3 nitrogen and oxygen atoms in total. The molecule has 0 aromatic carbocycles. The van der Waals surface area contributed by atoms with Crippen molar-refractivity contribution < 1.29 is 4.42 Å². The van der Waals surface area contributed by atoms with Crippen molar-refractivity contribution in [3.8, 4) is 0 Å². The molecular formula is C11H16N2O. The maximum absolute atomic E-state index is 5.61. The molecule has 0 spiro atoms. The van der Waals surface area contributed by atoms with E-state index in [1.54, 1.807) is 0 Å². The third-order valence-electron chi connectivity index (χ3n) is 2.42. The van der Waals surface area contributed by atoms with Crippen LogP contribution in [0, 0.1) is 0 Å². The Bertz CT molecular complexity index is 437. The second-order valence-electron chi connectivity index (χ2n) is 4.28. The minimum atomic E-state index is 0.414. The van der Waals surface area contributed by atoms with Crippen molar-refractivity contribution in [2.75, 3.05) is 0 Å². The van der Waals surface area contributed by atoms with Gasteiger partial charge in [0.2, 0.25) is 0 Å². The molecule has 0 unspecified atom stereocenters. The van der Waals surface area contributed by atoms with Crippen molar-refractivity contribution >= 4 is 5.84 Å². The minimum Gasteiger partial charge on any atom is -0.428 e. The zero-order chi connectivity index (χ0) is 10.3. The number of aromatic nitrogens is 2. The fraction of sp³-hybridized carbons (Fsp3) is 0.545. The molecule has 0 aliphatic rings. The van der Waals surface area contributed by atoms with E-state index in [1.165, 1.54) is 5.69 Å². The van der Waals surface area contributed by atoms with Crippen LogP contribution in [0.3, 0.4) is 0 Å². The number of imidazole rings is 1. The summed E-state index contributed by atoms with van der Waals surface area (Å²) in [5.74, 6) is 2.59. The molecular weight excluding hydrogens is 176 g/mol. The first-order valence-electron chi connectivity index (χ1n) is 5.06. The minimum absolute atomic E-state index is 0.414. The summed E-state index contributed by atoms with van der Waals surface area (Å²) in [4.78, 5) is 4.24. The molecule has 76 valence electrons. The Morgan fingerprint density at radius 2 is 1.93 bits per heavy atom. The Hall–Kier alpha value is -1.25. The van der Waals surface area contributed by atoms with Gasteiger partial charge in [-0.05, 0) is 5.92 Å². The zero-order valence-electron chi connectivity index (χ0n) is 9.11. The fourth-order valence-electron chi connectivity index (χ4n) is 1.51. The van der Waals surface area contributed by atoms with Crippen LogP contribution < -0.4 is 0 Å². The van der Waals surface area contributed by atoms with E-state index >= 15 is 0 Å². The third-order valence-corrected chi connectivity index (χ3v) is 2.42. The highest BCUT2D eigenvalue weighted by Crippen LogP contribution is 2.22. The van der Waals surface area contributed by atoms with E-state index in [9.17, 15) is 0 Å². The molecule has 0 saturated carbocycles. The van der Waals surface area contributed by atoms with Crippen molar-refractivity contribution in [1.82, 2.24) is 9.38 Å². The molecule has 2 aromatic heterocycles. The van der Waals surface area contributed by atoms with Gasteiger partial charge in [-0.1, -0.05) is 27.7 Å². The zero-order valence-corrected chi connectivity index (χ0v) is 9.11. The van der Waals surface area contributed by atoms with Crippen LogP contribution in [-0.2, 0) is 0 Å². The molecule has 0 bridgehead atoms. The van der Waals surface area contributed by atoms with Gasteiger partial charge in [0, 0.05) is 11.6 Å². The fourth-order valence-corrected chi connectivity index (χ4v) is 1.51. The third kappa shape index (κ3) is 1.33. The Kier molecular flexibility index (Phi) is 2.10. The predicted molar refractivity (Wildman–Crippen MR) is 55.6 cm³/mol. The van der Waals surface area contributed by atoms with E-state index in [-0.39, 0.29) is 0 Å². The van der Waals surface area contributed by atoms with Gasteiger partial charge in [0.25, 0.3) is 0 Å². The Balaban J connectivity index is 2.56. The monoisotopic (exact) mass is 192 g/mol. The number of oxazole rings is 1. The van der Waals surface area contributed by atoms with Gasteiger partial charge in [0.15, 0.2) is 0 Å². The lowest BCUT2D eigenvalue weighted by Crippen LogP contribution is -1.92. The molecule has 0 fully saturated rings. The molecule has 0 radical (unpaired) electrons. The van der Waals surface area contributed by atoms with Gasteiger partial charge in [-0.3, -0.25) is 4.40 Å². The predicted octanol–water partition coefficient (Wildman–Crippen LogP) is 3.17. The first kappa shape index (κ1) is 9.31. The van der Waals surface area contributed by atoms with Gasteiger partial charge in [-0.25, -0.2) is 4.98 Å². The van der Waals surface area contributed by atoms with Crippen LogP contribution in [-0.4, -0.2) is 9.38 Å². The second kappa shape index (κ2) is 3.15. The van der Waals surface area contributed by atoms with Gasteiger partial charge >= 0.3 is 5.84 Å². The molecule has 0 aliphatic carbocycles. The Labute approximate surface area is 83.8 Å². The SMILES string of the molecule is CC(C)c1cn2c(C(C)C)cnc2o1. The quantitative estimate of drug-likeness (QED) is 0.731. The van der Waals surface area contributed by atoms with E-state index in [0.717, 1.165) is 5.76 Å². The molecule has 0 aliphatic heterocycles. The van der Waals surface area contributed by atoms with E-state index < -0.39 is 0 Å². The normalized spacial score (nSPS) is 12.1. The lowest BCUT2D eigenvalue weighted by molar-refractivity contribution is 0.511. The van der Waals surface area contributed by atoms with Crippen LogP contribution in [0.1, 0.15) is 51.0 Å². The Morgan fingerprint density at radius 1 is 1.21 bits per heavy atom. The highest BCUT2D eigenvalue weighted by atomic mass is 16.4. The van der Waals surface area contributed by atoms with Crippen LogP contribution >= 0.6 is 0 Å². The largest absolute Gasteiger partial charge is 0.428 e. The molecule has 3 heteroatoms. The maximum Gasteiger partial charge on any atom is 0.306 e. The van der Waals surface area contributed by atoms with E-state index in [1.807, 2.05) is 16.8 Å². The number of fused-ring (bicyclic) bond motifs is 1. The van der Waals surface area contributed by atoms with Gasteiger partial charge in [0.05, 0.1) is 12.4 Å². The summed E-state index contributed by atoms with van der Waals surface area (Å²) in [6, 6.07) is 0. The van der Waals surface area contributed by atoms with Crippen molar-refractivity contribution in [2.45, 2.75) is 39.5 Å². The van der Waals surface area contributed by atoms with Crippen molar-refractivity contribution in [3.05, 3.63) is 23.8 Å². The topological polar surface area (TPSA) is 30.4 Å². The van der Waals surface area contributed by atoms with Crippen LogP contribution in [0.4, 0.5) is 0 Å². The molecule has 0 atom stereocenters. The summed E-state index contributed by atoms with van der Waals surface area (Å²) in [6.07, 6.45) is 3.93. The van der Waals surface area contributed by atoms with Crippen molar-refractivity contribution in [2.24, 2.45) is 0 Å². The number of hydrogen-bond acceptors (Lipinski definition) is 2. The number of nitrogens with zero attached hydrogens (tertiary/aromatic N) is 2. The lowest BCUT2D eigenvalue weighted by Gasteiger charge is -2.00. The molecule has 14 heavy (non-hydrogen) atoms. The highest BCUT2D eigenvalue weighted by molar-refractivity contribution is 5.31. The second-order valence-corrected chi connectivity index (χ2v) is 4.28. The smallest absolute Gasteiger partial charge is 0.306 e. The molecule has 2 rings (SSSR count). The molecule has 2 heterocycles. The standard InChI is InChI=1S/C11H16N2O/c1-7(2)9-5-12-11-13(9)6-10(14-11)8(3)4/h5-8H,1-4H3. The summed E-state index contributed by atoms with van der Waals surface area (Å²) in [5.41, 5.74) is 1.20. The summed E-state index contributed by atoms with van der Waals surface area (Å²) in [7, 11) is 0. The van der Waals surface area contributed by atoms with Crippen LogP contribution in [0.15, 0.2) is 16.8 Å². The summed E-state index contributed by atoms with van der Waals surface area (Å²) in [6.45, 7) is 8.55. The van der Waals surface area contributed by atoms with Gasteiger partial charge in [-0.2, -0.15) is 0 Å². The molecule has 0 saturated heterocycles. The first-order chi connectivity index (χ1) is 6.59. The average molecular weight is 192 g/mol. The summed E-state index contributed by atoms with van der Waals surface area (Å²) in [5, 5.41) is 0. The summed E-state index contributed by atoms with van der Waals surface area (Å²) < 4.78 is 7.65. The summed E-state index contributed by atoms with van der Waals surface area (Å²) >= 11 is 0. The number of rotatable bonds is 2. The molecule has 0 N–H and O–H groups in total. The highest BCUT2D eigenvalue weighted by Gasteiger charge is 2.13. The molecule has 2 aromatic rings.